The zero-order valence-electron chi connectivity index (χ0n) is 19.2. The van der Waals surface area contributed by atoms with Crippen molar-refractivity contribution in [2.24, 2.45) is 5.92 Å². The Hall–Kier alpha value is -3.09. The number of hydrogen-bond acceptors (Lipinski definition) is 4. The van der Waals surface area contributed by atoms with Crippen LogP contribution in [0.3, 0.4) is 0 Å². The number of rotatable bonds is 7. The highest BCUT2D eigenvalue weighted by molar-refractivity contribution is 5.79. The zero-order valence-corrected chi connectivity index (χ0v) is 19.2. The predicted octanol–water partition coefficient (Wildman–Crippen LogP) is 3.62. The van der Waals surface area contributed by atoms with E-state index in [1.54, 1.807) is 7.11 Å². The lowest BCUT2D eigenvalue weighted by Gasteiger charge is -2.28. The summed E-state index contributed by atoms with van der Waals surface area (Å²) >= 11 is 0. The molecule has 1 aromatic carbocycles. The smallest absolute Gasteiger partial charge is 0.227 e. The van der Waals surface area contributed by atoms with Crippen molar-refractivity contribution in [3.05, 3.63) is 53.0 Å². The second-order valence-electron chi connectivity index (χ2n) is 8.96. The molecule has 3 heterocycles. The summed E-state index contributed by atoms with van der Waals surface area (Å²) in [7, 11) is 1.65. The Morgan fingerprint density at radius 1 is 1.22 bits per heavy atom. The number of carbonyl (C=O) groups excluding carboxylic acids is 1. The summed E-state index contributed by atoms with van der Waals surface area (Å²) in [6, 6.07) is 7.74. The number of amides is 1. The van der Waals surface area contributed by atoms with E-state index in [9.17, 15) is 4.79 Å². The van der Waals surface area contributed by atoms with Gasteiger partial charge in [0.2, 0.25) is 5.91 Å². The fourth-order valence-electron chi connectivity index (χ4n) is 4.61. The zero-order chi connectivity index (χ0) is 22.2. The molecule has 0 N–H and O–H groups in total. The van der Waals surface area contributed by atoms with Crippen LogP contribution in [0.5, 0.6) is 5.75 Å². The largest absolute Gasteiger partial charge is 0.497 e. The third-order valence-electron chi connectivity index (χ3n) is 6.71. The molecule has 32 heavy (non-hydrogen) atoms. The number of carbonyl (C=O) groups is 1. The van der Waals surface area contributed by atoms with Gasteiger partial charge in [0.1, 0.15) is 11.4 Å². The predicted molar refractivity (Wildman–Crippen MR) is 122 cm³/mol. The molecule has 0 saturated heterocycles. The molecular formula is C25H31N5O2. The molecule has 1 fully saturated rings. The van der Waals surface area contributed by atoms with E-state index in [1.807, 2.05) is 35.4 Å². The maximum atomic E-state index is 13.1. The monoisotopic (exact) mass is 433 g/mol. The summed E-state index contributed by atoms with van der Waals surface area (Å²) in [6.07, 6.45) is 5.77. The van der Waals surface area contributed by atoms with Crippen LogP contribution in [0.2, 0.25) is 0 Å². The number of hydrogen-bond donors (Lipinski definition) is 0. The Morgan fingerprint density at radius 2 is 2.00 bits per heavy atom. The molecule has 0 atom stereocenters. The lowest BCUT2D eigenvalue weighted by Crippen LogP contribution is -2.37. The molecule has 5 rings (SSSR count). The molecule has 1 saturated carbocycles. The first-order valence-corrected chi connectivity index (χ1v) is 11.6. The molecule has 7 nitrogen and oxygen atoms in total. The molecule has 2 aromatic heterocycles. The summed E-state index contributed by atoms with van der Waals surface area (Å²) in [5.74, 6) is 2.65. The van der Waals surface area contributed by atoms with Crippen LogP contribution < -0.4 is 4.74 Å². The Kier molecular flexibility index (Phi) is 5.49. The van der Waals surface area contributed by atoms with Crippen molar-refractivity contribution in [3.8, 4) is 17.3 Å². The molecule has 2 aliphatic rings. The molecule has 7 heteroatoms. The van der Waals surface area contributed by atoms with E-state index in [2.05, 4.69) is 23.1 Å². The van der Waals surface area contributed by atoms with Crippen molar-refractivity contribution < 1.29 is 9.53 Å². The standard InChI is InChI=1S/C25H31N5O2/c1-4-30-22-11-12-28(23(31)13-18-7-9-20(32-3)10-8-18)16-21(22)24(27-30)25-26-14-17(2)29(25)15-19-5-6-19/h7-10,14,19H,4-6,11-13,15-16H2,1-3H3. The summed E-state index contributed by atoms with van der Waals surface area (Å²) in [4.78, 5) is 19.8. The Bertz CT molecular complexity index is 1120. The molecule has 0 spiro atoms. The van der Waals surface area contributed by atoms with Crippen molar-refractivity contribution in [1.82, 2.24) is 24.2 Å². The third kappa shape index (κ3) is 3.92. The van der Waals surface area contributed by atoms with Gasteiger partial charge >= 0.3 is 0 Å². The first-order valence-electron chi connectivity index (χ1n) is 11.6. The van der Waals surface area contributed by atoms with E-state index < -0.39 is 0 Å². The minimum absolute atomic E-state index is 0.147. The maximum Gasteiger partial charge on any atom is 0.227 e. The van der Waals surface area contributed by atoms with Crippen molar-refractivity contribution >= 4 is 5.91 Å². The average molecular weight is 434 g/mol. The second-order valence-corrected chi connectivity index (χ2v) is 8.96. The fourth-order valence-corrected chi connectivity index (χ4v) is 4.61. The number of aromatic nitrogens is 4. The molecular weight excluding hydrogens is 402 g/mol. The number of nitrogens with zero attached hydrogens (tertiary/aromatic N) is 5. The average Bonchev–Trinajstić information content (AvgIpc) is 3.47. The van der Waals surface area contributed by atoms with E-state index in [1.165, 1.54) is 24.2 Å². The normalized spacial score (nSPS) is 15.7. The SMILES string of the molecule is CCn1nc(-c2ncc(C)n2CC2CC2)c2c1CCN(C(=O)Cc1ccc(OC)cc1)C2. The Labute approximate surface area is 189 Å². The summed E-state index contributed by atoms with van der Waals surface area (Å²) in [6.45, 7) is 7.39. The topological polar surface area (TPSA) is 65.2 Å². The minimum Gasteiger partial charge on any atom is -0.497 e. The lowest BCUT2D eigenvalue weighted by molar-refractivity contribution is -0.131. The van der Waals surface area contributed by atoms with Crippen LogP contribution in [0.15, 0.2) is 30.5 Å². The number of fused-ring (bicyclic) bond motifs is 1. The second kappa shape index (κ2) is 8.45. The van der Waals surface area contributed by atoms with Gasteiger partial charge in [-0.2, -0.15) is 5.10 Å². The summed E-state index contributed by atoms with van der Waals surface area (Å²) in [5, 5.41) is 4.96. The van der Waals surface area contributed by atoms with Crippen LogP contribution in [0.1, 0.15) is 42.3 Å². The van der Waals surface area contributed by atoms with Crippen LogP contribution in [-0.4, -0.2) is 43.8 Å². The lowest BCUT2D eigenvalue weighted by atomic mass is 10.0. The van der Waals surface area contributed by atoms with Crippen LogP contribution in [0.4, 0.5) is 0 Å². The molecule has 1 aliphatic heterocycles. The number of benzene rings is 1. The molecule has 1 amide bonds. The fraction of sp³-hybridized carbons (Fsp3) is 0.480. The van der Waals surface area contributed by atoms with Crippen molar-refractivity contribution in [2.75, 3.05) is 13.7 Å². The molecule has 0 unspecified atom stereocenters. The van der Waals surface area contributed by atoms with E-state index in [4.69, 9.17) is 14.8 Å². The van der Waals surface area contributed by atoms with Crippen LogP contribution in [0.25, 0.3) is 11.5 Å². The van der Waals surface area contributed by atoms with Gasteiger partial charge in [0.15, 0.2) is 5.82 Å². The molecule has 1 aliphatic carbocycles. The van der Waals surface area contributed by atoms with E-state index in [-0.39, 0.29) is 5.91 Å². The van der Waals surface area contributed by atoms with Gasteiger partial charge in [0.25, 0.3) is 0 Å². The molecule has 3 aromatic rings. The molecule has 0 radical (unpaired) electrons. The number of imidazole rings is 1. The van der Waals surface area contributed by atoms with E-state index in [0.717, 1.165) is 60.4 Å². The minimum atomic E-state index is 0.147. The van der Waals surface area contributed by atoms with Crippen molar-refractivity contribution in [3.63, 3.8) is 0 Å². The Balaban J connectivity index is 1.41. The molecule has 168 valence electrons. The van der Waals surface area contributed by atoms with Crippen molar-refractivity contribution in [1.29, 1.82) is 0 Å². The van der Waals surface area contributed by atoms with Crippen LogP contribution in [0, 0.1) is 12.8 Å². The van der Waals surface area contributed by atoms with Crippen LogP contribution >= 0.6 is 0 Å². The quantitative estimate of drug-likeness (QED) is 0.571. The van der Waals surface area contributed by atoms with Gasteiger partial charge in [0, 0.05) is 55.7 Å². The van der Waals surface area contributed by atoms with Gasteiger partial charge in [-0.3, -0.25) is 9.48 Å². The highest BCUT2D eigenvalue weighted by Crippen LogP contribution is 2.35. The van der Waals surface area contributed by atoms with Crippen LogP contribution in [-0.2, 0) is 37.3 Å². The van der Waals surface area contributed by atoms with Gasteiger partial charge in [-0.1, -0.05) is 12.1 Å². The first kappa shape index (κ1) is 20.8. The van der Waals surface area contributed by atoms with Crippen molar-refractivity contribution in [2.45, 2.75) is 59.2 Å². The third-order valence-corrected chi connectivity index (χ3v) is 6.71. The maximum absolute atomic E-state index is 13.1. The number of ether oxygens (including phenoxy) is 1. The molecule has 0 bridgehead atoms. The van der Waals surface area contributed by atoms with Gasteiger partial charge in [-0.05, 0) is 50.3 Å². The summed E-state index contributed by atoms with van der Waals surface area (Å²) < 4.78 is 9.64. The van der Waals surface area contributed by atoms with E-state index in [0.29, 0.717) is 13.0 Å². The van der Waals surface area contributed by atoms with E-state index >= 15 is 0 Å². The Morgan fingerprint density at radius 3 is 2.69 bits per heavy atom. The number of aryl methyl sites for hydroxylation is 2. The van der Waals surface area contributed by atoms with Gasteiger partial charge < -0.3 is 14.2 Å². The summed E-state index contributed by atoms with van der Waals surface area (Å²) in [5.41, 5.74) is 5.52. The van der Waals surface area contributed by atoms with Gasteiger partial charge in [-0.25, -0.2) is 4.98 Å². The number of methoxy groups -OCH3 is 1. The highest BCUT2D eigenvalue weighted by Gasteiger charge is 2.31. The first-order chi connectivity index (χ1) is 15.6. The van der Waals surface area contributed by atoms with Gasteiger partial charge in [-0.15, -0.1) is 0 Å². The van der Waals surface area contributed by atoms with Gasteiger partial charge in [0.05, 0.1) is 13.5 Å². The highest BCUT2D eigenvalue weighted by atomic mass is 16.5.